The Labute approximate surface area is 319 Å². The molecular weight excluding hydrogens is 737 g/mol. The summed E-state index contributed by atoms with van der Waals surface area (Å²) in [6.45, 7) is 9.72. The lowest BCUT2D eigenvalue weighted by atomic mass is 9.79. The topological polar surface area (TPSA) is 185 Å². The average molecular weight is 780 g/mol. The van der Waals surface area contributed by atoms with E-state index in [9.17, 15) is 27.8 Å². The first-order valence-corrected chi connectivity index (χ1v) is 19.8. The molecule has 2 saturated carbocycles. The van der Waals surface area contributed by atoms with E-state index in [1.165, 1.54) is 24.3 Å². The molecule has 54 heavy (non-hydrogen) atoms. The van der Waals surface area contributed by atoms with Crippen LogP contribution in [0.4, 0.5) is 5.69 Å². The molecule has 5 atom stereocenters. The third-order valence-electron chi connectivity index (χ3n) is 10.6. The number of carbonyl (C=O) groups excluding carboxylic acids is 3. The number of nitrogens with one attached hydrogen (secondary N) is 3. The molecule has 3 amide bonds. The number of pyridine rings is 1. The van der Waals surface area contributed by atoms with Gasteiger partial charge in [-0.1, -0.05) is 44.5 Å². The number of amides is 3. The monoisotopic (exact) mass is 779 g/mol. The second-order valence-electron chi connectivity index (χ2n) is 15.5. The number of aromatic nitrogens is 1. The Hall–Kier alpha value is -4.38. The number of hydrogen-bond donors (Lipinski definition) is 4. The molecule has 17 heteroatoms. The van der Waals surface area contributed by atoms with Crippen LogP contribution in [0.1, 0.15) is 52.0 Å². The SMILES string of the molecule is C=C[C@@H]1C[C@]1(NC(=O)[C@@H]1C[C@@H](Oc2ncc(OC)c3ccc(Cl)cc23)CN1C(=O)C(Nc1ccc2c(c1)B(O)OC2)C(C)(C)C)C(=O)NS(=O)(=O)C1CC1. The van der Waals surface area contributed by atoms with Crippen LogP contribution in [-0.4, -0.2) is 90.8 Å². The number of methoxy groups -OCH3 is 1. The van der Waals surface area contributed by atoms with E-state index in [1.54, 1.807) is 30.3 Å². The summed E-state index contributed by atoms with van der Waals surface area (Å²) in [4.78, 5) is 48.6. The first-order chi connectivity index (χ1) is 25.5. The number of anilines is 1. The van der Waals surface area contributed by atoms with E-state index in [4.69, 9.17) is 25.7 Å². The highest BCUT2D eigenvalue weighted by molar-refractivity contribution is 7.91. The number of nitrogens with zero attached hydrogens (tertiary/aromatic N) is 2. The van der Waals surface area contributed by atoms with Crippen molar-refractivity contribution in [3.8, 4) is 11.6 Å². The quantitative estimate of drug-likeness (QED) is 0.157. The maximum Gasteiger partial charge on any atom is 0.491 e. The predicted octanol–water partition coefficient (Wildman–Crippen LogP) is 2.66. The molecule has 14 nitrogen and oxygen atoms in total. The van der Waals surface area contributed by atoms with Crippen LogP contribution in [0.3, 0.4) is 0 Å². The van der Waals surface area contributed by atoms with Crippen LogP contribution >= 0.6 is 11.6 Å². The van der Waals surface area contributed by atoms with Gasteiger partial charge in [-0.2, -0.15) is 0 Å². The first kappa shape index (κ1) is 37.9. The fourth-order valence-corrected chi connectivity index (χ4v) is 8.79. The smallest absolute Gasteiger partial charge is 0.491 e. The third-order valence-corrected chi connectivity index (χ3v) is 12.7. The van der Waals surface area contributed by atoms with Gasteiger partial charge in [0.2, 0.25) is 27.7 Å². The molecule has 3 aromatic rings. The minimum Gasteiger partial charge on any atom is -0.494 e. The molecule has 2 aromatic carbocycles. The molecule has 1 unspecified atom stereocenters. The van der Waals surface area contributed by atoms with Crippen LogP contribution in [0.25, 0.3) is 10.8 Å². The molecule has 0 radical (unpaired) electrons. The number of hydrogen-bond acceptors (Lipinski definition) is 11. The normalized spacial score (nSPS) is 24.1. The summed E-state index contributed by atoms with van der Waals surface area (Å²) in [5.41, 5.74) is -0.221. The van der Waals surface area contributed by atoms with Crippen LogP contribution in [0.15, 0.2) is 55.3 Å². The van der Waals surface area contributed by atoms with E-state index in [1.807, 2.05) is 26.8 Å². The lowest BCUT2D eigenvalue weighted by molar-refractivity contribution is -0.141. The summed E-state index contributed by atoms with van der Waals surface area (Å²) in [5.74, 6) is -1.67. The van der Waals surface area contributed by atoms with E-state index < -0.39 is 75.2 Å². The lowest BCUT2D eigenvalue weighted by Crippen LogP contribution is -2.58. The second kappa shape index (κ2) is 14.0. The Morgan fingerprint density at radius 1 is 1.19 bits per heavy atom. The highest BCUT2D eigenvalue weighted by atomic mass is 35.5. The van der Waals surface area contributed by atoms with E-state index in [2.05, 4.69) is 26.9 Å². The molecular formula is C37H43BClN5O9S. The van der Waals surface area contributed by atoms with Gasteiger partial charge in [0.1, 0.15) is 29.5 Å². The lowest BCUT2D eigenvalue weighted by Gasteiger charge is -2.36. The number of likely N-dealkylation sites (tertiary alicyclic amines) is 1. The Kier molecular flexibility index (Phi) is 9.86. The fourth-order valence-electron chi connectivity index (χ4n) is 7.26. The van der Waals surface area contributed by atoms with Gasteiger partial charge in [-0.25, -0.2) is 13.4 Å². The maximum atomic E-state index is 14.8. The van der Waals surface area contributed by atoms with Gasteiger partial charge >= 0.3 is 7.12 Å². The predicted molar refractivity (Wildman–Crippen MR) is 203 cm³/mol. The van der Waals surface area contributed by atoms with Crippen molar-refractivity contribution < 1.29 is 42.0 Å². The van der Waals surface area contributed by atoms with E-state index in [0.717, 1.165) is 5.56 Å². The molecule has 4 N–H and O–H groups in total. The molecule has 1 saturated heterocycles. The second-order valence-corrected chi connectivity index (χ2v) is 17.9. The van der Waals surface area contributed by atoms with Gasteiger partial charge in [0.15, 0.2) is 0 Å². The van der Waals surface area contributed by atoms with Gasteiger partial charge in [0.05, 0.1) is 31.7 Å². The van der Waals surface area contributed by atoms with Crippen LogP contribution in [0.2, 0.25) is 5.02 Å². The van der Waals surface area contributed by atoms with Crippen molar-refractivity contribution in [3.05, 3.63) is 65.8 Å². The standard InChI is InChI=1S/C37H43BClN5O9S/c1-6-21-16-37(21,35(47)43-54(49,50)25-10-11-25)42-32(45)29-15-24(53-33-27-13-22(39)8-12-26(27)30(51-5)17-40-33)18-44(29)34(46)31(36(2,3)4)41-23-9-7-20-19-52-38(48)28(20)14-23/h6-9,12-14,17,21,24-25,29,31,41,48H,1,10-11,15-16,18-19H2,2-5H3,(H,42,45)(H,43,47)/t21-,24-,29+,31?,37-/m1/s1. The van der Waals surface area contributed by atoms with E-state index in [0.29, 0.717) is 45.5 Å². The number of sulfonamides is 1. The van der Waals surface area contributed by atoms with Crippen molar-refractivity contribution in [2.75, 3.05) is 19.0 Å². The van der Waals surface area contributed by atoms with Crippen molar-refractivity contribution in [3.63, 3.8) is 0 Å². The largest absolute Gasteiger partial charge is 0.494 e. The summed E-state index contributed by atoms with van der Waals surface area (Å²) in [5, 5.41) is 17.6. The Bertz CT molecular complexity index is 2150. The summed E-state index contributed by atoms with van der Waals surface area (Å²) in [7, 11) is -3.46. The van der Waals surface area contributed by atoms with Crippen LogP contribution in [0.5, 0.6) is 11.6 Å². The van der Waals surface area contributed by atoms with Crippen molar-refractivity contribution in [2.45, 2.75) is 82.0 Å². The number of fused-ring (bicyclic) bond motifs is 2. The number of rotatable bonds is 12. The molecule has 2 aliphatic heterocycles. The van der Waals surface area contributed by atoms with Gasteiger partial charge < -0.3 is 34.7 Å². The highest BCUT2D eigenvalue weighted by Crippen LogP contribution is 2.46. The zero-order valence-electron chi connectivity index (χ0n) is 30.4. The molecule has 1 aromatic heterocycles. The number of halogens is 1. The maximum absolute atomic E-state index is 14.8. The van der Waals surface area contributed by atoms with Crippen LogP contribution in [0, 0.1) is 11.3 Å². The molecule has 3 fully saturated rings. The highest BCUT2D eigenvalue weighted by Gasteiger charge is 2.62. The summed E-state index contributed by atoms with van der Waals surface area (Å²) in [6.07, 6.45) is 3.40. The van der Waals surface area contributed by atoms with Gasteiger partial charge in [-0.15, -0.1) is 6.58 Å². The first-order valence-electron chi connectivity index (χ1n) is 17.8. The zero-order valence-corrected chi connectivity index (χ0v) is 32.0. The number of carbonyl (C=O) groups is 3. The number of benzene rings is 2. The van der Waals surface area contributed by atoms with Gasteiger partial charge in [-0.05, 0) is 66.0 Å². The molecule has 286 valence electrons. The fraction of sp³-hybridized carbons (Fsp3) is 0.459. The van der Waals surface area contributed by atoms with Crippen molar-refractivity contribution in [2.24, 2.45) is 11.3 Å². The van der Waals surface area contributed by atoms with E-state index >= 15 is 0 Å². The molecule has 0 bridgehead atoms. The molecule has 3 heterocycles. The minimum atomic E-state index is -3.90. The Balaban J connectivity index is 1.20. The van der Waals surface area contributed by atoms with Gasteiger partial charge in [-0.3, -0.25) is 19.1 Å². The van der Waals surface area contributed by atoms with Gasteiger partial charge in [0, 0.05) is 33.8 Å². The third kappa shape index (κ3) is 7.23. The van der Waals surface area contributed by atoms with Crippen molar-refractivity contribution >= 4 is 68.4 Å². The van der Waals surface area contributed by atoms with E-state index in [-0.39, 0.29) is 31.9 Å². The van der Waals surface area contributed by atoms with Crippen LogP contribution < -0.4 is 30.3 Å². The number of ether oxygens (including phenoxy) is 2. The Morgan fingerprint density at radius 2 is 1.94 bits per heavy atom. The van der Waals surface area contributed by atoms with Crippen molar-refractivity contribution in [1.29, 1.82) is 0 Å². The molecule has 2 aliphatic carbocycles. The molecule has 0 spiro atoms. The Morgan fingerprint density at radius 3 is 2.61 bits per heavy atom. The van der Waals surface area contributed by atoms with Crippen LogP contribution in [-0.2, 0) is 35.7 Å². The average Bonchev–Trinajstić information content (AvgIpc) is 4.03. The summed E-state index contributed by atoms with van der Waals surface area (Å²) >= 11 is 6.36. The zero-order chi connectivity index (χ0) is 38.7. The summed E-state index contributed by atoms with van der Waals surface area (Å²) in [6, 6.07) is 8.59. The summed E-state index contributed by atoms with van der Waals surface area (Å²) < 4.78 is 44.9. The van der Waals surface area contributed by atoms with Crippen molar-refractivity contribution in [1.82, 2.24) is 19.9 Å². The molecule has 7 rings (SSSR count). The van der Waals surface area contributed by atoms with Gasteiger partial charge in [0.25, 0.3) is 5.91 Å². The minimum absolute atomic E-state index is 0.0160. The molecule has 4 aliphatic rings.